The minimum absolute atomic E-state index is 0.0825. The van der Waals surface area contributed by atoms with Crippen LogP contribution in [0.5, 0.6) is 0 Å². The van der Waals surface area contributed by atoms with E-state index in [1.807, 2.05) is 0 Å². The van der Waals surface area contributed by atoms with Gasteiger partial charge >= 0.3 is 0 Å². The van der Waals surface area contributed by atoms with Crippen molar-refractivity contribution in [3.8, 4) is 0 Å². The molecule has 1 nitrogen and oxygen atoms in total. The first-order valence-corrected chi connectivity index (χ1v) is 12.4. The Labute approximate surface area is 154 Å². The molecular formula is C19H23FOS3. The highest BCUT2D eigenvalue weighted by atomic mass is 32.2. The molecule has 0 amide bonds. The van der Waals surface area contributed by atoms with Gasteiger partial charge in [0, 0.05) is 22.6 Å². The first-order chi connectivity index (χ1) is 11.6. The van der Waals surface area contributed by atoms with E-state index in [0.717, 1.165) is 16.4 Å². The van der Waals surface area contributed by atoms with Crippen LogP contribution in [0.2, 0.25) is 0 Å². The van der Waals surface area contributed by atoms with E-state index in [0.29, 0.717) is 11.5 Å². The van der Waals surface area contributed by atoms with Gasteiger partial charge in [0.15, 0.2) is 0 Å². The Kier molecular flexibility index (Phi) is 6.56. The zero-order valence-corrected chi connectivity index (χ0v) is 16.3. The summed E-state index contributed by atoms with van der Waals surface area (Å²) in [6.07, 6.45) is 0. The molecule has 1 aliphatic heterocycles. The maximum atomic E-state index is 12.9. The summed E-state index contributed by atoms with van der Waals surface area (Å²) in [5.41, 5.74) is 2.08. The molecule has 5 heteroatoms. The highest BCUT2D eigenvalue weighted by Crippen LogP contribution is 2.45. The molecule has 2 aromatic carbocycles. The third-order valence-electron chi connectivity index (χ3n) is 4.18. The van der Waals surface area contributed by atoms with Crippen LogP contribution >= 0.6 is 22.7 Å². The van der Waals surface area contributed by atoms with Gasteiger partial charge in [0.25, 0.3) is 0 Å². The molecule has 1 aliphatic rings. The SMILES string of the molecule is CC1CSCC[SH]1c1cccc(C[S+]([O-])Cc2ccc(F)cc2)c1. The smallest absolute Gasteiger partial charge is 0.131 e. The maximum absolute atomic E-state index is 12.9. The summed E-state index contributed by atoms with van der Waals surface area (Å²) in [6, 6.07) is 15.0. The fourth-order valence-electron chi connectivity index (χ4n) is 2.94. The predicted octanol–water partition coefficient (Wildman–Crippen LogP) is 4.77. The van der Waals surface area contributed by atoms with Crippen LogP contribution in [-0.2, 0) is 22.7 Å². The molecule has 1 heterocycles. The number of thioether (sulfide) groups is 1. The van der Waals surface area contributed by atoms with Gasteiger partial charge in [-0.3, -0.25) is 0 Å². The largest absolute Gasteiger partial charge is 0.616 e. The van der Waals surface area contributed by atoms with Crippen LogP contribution in [0.1, 0.15) is 18.1 Å². The van der Waals surface area contributed by atoms with Crippen molar-refractivity contribution in [1.82, 2.24) is 0 Å². The Balaban J connectivity index is 1.64. The monoisotopic (exact) mass is 382 g/mol. The number of hydrogen-bond acceptors (Lipinski definition) is 2. The number of halogens is 1. The lowest BCUT2D eigenvalue weighted by Crippen LogP contribution is -2.17. The molecule has 0 aliphatic carbocycles. The van der Waals surface area contributed by atoms with Crippen molar-refractivity contribution in [1.29, 1.82) is 0 Å². The highest BCUT2D eigenvalue weighted by Gasteiger charge is 2.20. The second-order valence-corrected chi connectivity index (χ2v) is 11.5. The van der Waals surface area contributed by atoms with Crippen LogP contribution in [-0.4, -0.2) is 27.1 Å². The molecule has 0 radical (unpaired) electrons. The van der Waals surface area contributed by atoms with Crippen LogP contribution in [0.25, 0.3) is 0 Å². The van der Waals surface area contributed by atoms with Crippen LogP contribution in [0, 0.1) is 5.82 Å². The van der Waals surface area contributed by atoms with Crippen molar-refractivity contribution in [2.24, 2.45) is 0 Å². The van der Waals surface area contributed by atoms with Gasteiger partial charge in [-0.05, 0) is 45.3 Å². The summed E-state index contributed by atoms with van der Waals surface area (Å²) in [5, 5.41) is 0.763. The van der Waals surface area contributed by atoms with Gasteiger partial charge in [-0.2, -0.15) is 11.8 Å². The molecule has 130 valence electrons. The minimum atomic E-state index is -0.970. The van der Waals surface area contributed by atoms with E-state index >= 15 is 0 Å². The number of rotatable bonds is 5. The minimum Gasteiger partial charge on any atom is -0.616 e. The standard InChI is InChI=1S/C19H23FOS3/c1-15-12-22-9-10-24(15)19-4-2-3-17(11-19)14-23(21)13-16-5-7-18(20)8-6-16/h2-8,11,15,24H,9-10,12-14H2,1H3. The van der Waals surface area contributed by atoms with E-state index in [1.54, 1.807) is 12.1 Å². The Hall–Kier alpha value is -0.620. The molecule has 2 aromatic rings. The summed E-state index contributed by atoms with van der Waals surface area (Å²) < 4.78 is 25.4. The summed E-state index contributed by atoms with van der Waals surface area (Å²) in [5.74, 6) is 4.61. The van der Waals surface area contributed by atoms with Crippen molar-refractivity contribution in [2.45, 2.75) is 28.6 Å². The average Bonchev–Trinajstić information content (AvgIpc) is 2.57. The van der Waals surface area contributed by atoms with Gasteiger partial charge in [-0.1, -0.05) is 37.3 Å². The summed E-state index contributed by atoms with van der Waals surface area (Å²) in [4.78, 5) is 1.45. The van der Waals surface area contributed by atoms with E-state index in [-0.39, 0.29) is 16.7 Å². The number of benzene rings is 2. The molecule has 0 aromatic heterocycles. The molecule has 1 fully saturated rings. The summed E-state index contributed by atoms with van der Waals surface area (Å²) in [6.45, 7) is 2.36. The van der Waals surface area contributed by atoms with Gasteiger partial charge in [0.1, 0.15) is 17.3 Å². The lowest BCUT2D eigenvalue weighted by Gasteiger charge is -2.33. The van der Waals surface area contributed by atoms with Gasteiger partial charge in [0.2, 0.25) is 0 Å². The van der Waals surface area contributed by atoms with Crippen LogP contribution < -0.4 is 0 Å². The third kappa shape index (κ3) is 4.94. The Morgan fingerprint density at radius 3 is 2.67 bits per heavy atom. The van der Waals surface area contributed by atoms with Crippen molar-refractivity contribution in [3.63, 3.8) is 0 Å². The molecule has 0 N–H and O–H groups in total. The molecule has 3 unspecified atom stereocenters. The zero-order valence-electron chi connectivity index (χ0n) is 13.8. The Morgan fingerprint density at radius 2 is 1.92 bits per heavy atom. The topological polar surface area (TPSA) is 23.1 Å². The van der Waals surface area contributed by atoms with Crippen LogP contribution in [0.15, 0.2) is 53.4 Å². The summed E-state index contributed by atoms with van der Waals surface area (Å²) in [7, 11) is -0.0825. The van der Waals surface area contributed by atoms with E-state index in [1.165, 1.54) is 34.3 Å². The molecule has 0 saturated carbocycles. The lowest BCUT2D eigenvalue weighted by molar-refractivity contribution is 0.593. The number of hydrogen-bond donors (Lipinski definition) is 1. The van der Waals surface area contributed by atoms with Gasteiger partial charge in [0.05, 0.1) is 0 Å². The summed E-state index contributed by atoms with van der Waals surface area (Å²) >= 11 is 1.09. The van der Waals surface area contributed by atoms with E-state index in [2.05, 4.69) is 43.0 Å². The Morgan fingerprint density at radius 1 is 1.17 bits per heavy atom. The van der Waals surface area contributed by atoms with Crippen LogP contribution in [0.4, 0.5) is 4.39 Å². The maximum Gasteiger partial charge on any atom is 0.131 e. The molecule has 0 spiro atoms. The van der Waals surface area contributed by atoms with Crippen molar-refractivity contribution in [2.75, 3.05) is 17.3 Å². The quantitative estimate of drug-likeness (QED) is 0.595. The van der Waals surface area contributed by atoms with E-state index in [4.69, 9.17) is 0 Å². The van der Waals surface area contributed by atoms with Gasteiger partial charge in [-0.25, -0.2) is 15.3 Å². The molecule has 3 rings (SSSR count). The van der Waals surface area contributed by atoms with Crippen molar-refractivity contribution >= 4 is 33.8 Å². The fraction of sp³-hybridized carbons (Fsp3) is 0.368. The average molecular weight is 383 g/mol. The molecule has 1 saturated heterocycles. The first-order valence-electron chi connectivity index (χ1n) is 8.14. The second-order valence-electron chi connectivity index (χ2n) is 6.14. The highest BCUT2D eigenvalue weighted by molar-refractivity contribution is 8.19. The van der Waals surface area contributed by atoms with Crippen LogP contribution in [0.3, 0.4) is 0 Å². The second kappa shape index (κ2) is 8.65. The first kappa shape index (κ1) is 18.2. The third-order valence-corrected chi connectivity index (χ3v) is 10.2. The van der Waals surface area contributed by atoms with Gasteiger partial charge < -0.3 is 4.55 Å². The predicted molar refractivity (Wildman–Crippen MR) is 107 cm³/mol. The molecular weight excluding hydrogens is 359 g/mol. The van der Waals surface area contributed by atoms with Crippen molar-refractivity contribution < 1.29 is 8.94 Å². The zero-order chi connectivity index (χ0) is 16.9. The van der Waals surface area contributed by atoms with E-state index < -0.39 is 11.2 Å². The number of thiol groups is 1. The Bertz CT molecular complexity index is 662. The fourth-order valence-corrected chi connectivity index (χ4v) is 8.82. The van der Waals surface area contributed by atoms with E-state index in [9.17, 15) is 8.94 Å². The molecule has 24 heavy (non-hydrogen) atoms. The molecule has 0 bridgehead atoms. The van der Waals surface area contributed by atoms with Gasteiger partial charge in [-0.15, -0.1) is 0 Å². The van der Waals surface area contributed by atoms with Crippen molar-refractivity contribution in [3.05, 3.63) is 65.5 Å². The lowest BCUT2D eigenvalue weighted by atomic mass is 10.2. The molecule has 3 atom stereocenters. The normalized spacial score (nSPS) is 23.8.